The van der Waals surface area contributed by atoms with E-state index in [4.69, 9.17) is 0 Å². The molecule has 0 bridgehead atoms. The first-order valence-electron chi connectivity index (χ1n) is 6.72. The van der Waals surface area contributed by atoms with Crippen LogP contribution < -0.4 is 5.32 Å². The number of nitrogens with one attached hydrogen (secondary N) is 1. The van der Waals surface area contributed by atoms with E-state index in [9.17, 15) is 4.79 Å². The predicted molar refractivity (Wildman–Crippen MR) is 75.9 cm³/mol. The lowest BCUT2D eigenvalue weighted by atomic mass is 10.0. The molecule has 3 nitrogen and oxygen atoms in total. The van der Waals surface area contributed by atoms with Gasteiger partial charge in [-0.15, -0.1) is 11.3 Å². The highest BCUT2D eigenvalue weighted by Gasteiger charge is 2.28. The monoisotopic (exact) mass is 266 g/mol. The van der Waals surface area contributed by atoms with Crippen LogP contribution in [0, 0.1) is 0 Å². The molecule has 18 heavy (non-hydrogen) atoms. The van der Waals surface area contributed by atoms with Crippen LogP contribution >= 0.6 is 11.3 Å². The van der Waals surface area contributed by atoms with Crippen molar-refractivity contribution >= 4 is 17.2 Å². The molecule has 0 radical (unpaired) electrons. The molecular weight excluding hydrogens is 244 g/mol. The third-order valence-electron chi connectivity index (χ3n) is 3.63. The van der Waals surface area contributed by atoms with E-state index in [1.807, 2.05) is 16.2 Å². The number of thiophene rings is 1. The molecule has 2 heterocycles. The summed E-state index contributed by atoms with van der Waals surface area (Å²) in [5.74, 6) is 0.271. The first-order valence-corrected chi connectivity index (χ1v) is 7.60. The maximum absolute atomic E-state index is 12.3. The zero-order valence-corrected chi connectivity index (χ0v) is 12.2. The SMILES string of the molecule is CCNC(C)CC(=O)N1CCc2sccc2C1C. The van der Waals surface area contributed by atoms with Crippen molar-refractivity contribution < 1.29 is 4.79 Å². The quantitative estimate of drug-likeness (QED) is 0.908. The van der Waals surface area contributed by atoms with Gasteiger partial charge in [0.05, 0.1) is 6.04 Å². The highest BCUT2D eigenvalue weighted by molar-refractivity contribution is 7.10. The van der Waals surface area contributed by atoms with Crippen molar-refractivity contribution in [3.63, 3.8) is 0 Å². The normalized spacial score (nSPS) is 20.6. The molecule has 1 aromatic rings. The average molecular weight is 266 g/mol. The van der Waals surface area contributed by atoms with Gasteiger partial charge in [-0.1, -0.05) is 6.92 Å². The van der Waals surface area contributed by atoms with E-state index in [0.717, 1.165) is 19.5 Å². The van der Waals surface area contributed by atoms with Gasteiger partial charge in [-0.05, 0) is 43.8 Å². The lowest BCUT2D eigenvalue weighted by Gasteiger charge is -2.34. The van der Waals surface area contributed by atoms with Gasteiger partial charge in [0.1, 0.15) is 0 Å². The van der Waals surface area contributed by atoms with Crippen molar-refractivity contribution in [2.45, 2.75) is 45.7 Å². The predicted octanol–water partition coefficient (Wildman–Crippen LogP) is 2.58. The minimum atomic E-state index is 0.237. The lowest BCUT2D eigenvalue weighted by Crippen LogP contribution is -2.41. The van der Waals surface area contributed by atoms with Gasteiger partial charge in [-0.3, -0.25) is 4.79 Å². The van der Waals surface area contributed by atoms with Crippen LogP contribution in [0.4, 0.5) is 0 Å². The number of hydrogen-bond donors (Lipinski definition) is 1. The molecule has 1 N–H and O–H groups in total. The van der Waals surface area contributed by atoms with Crippen LogP contribution in [0.2, 0.25) is 0 Å². The molecule has 0 aliphatic carbocycles. The van der Waals surface area contributed by atoms with Gasteiger partial charge in [-0.25, -0.2) is 0 Å². The van der Waals surface area contributed by atoms with E-state index >= 15 is 0 Å². The number of fused-ring (bicyclic) bond motifs is 1. The lowest BCUT2D eigenvalue weighted by molar-refractivity contribution is -0.134. The van der Waals surface area contributed by atoms with Crippen molar-refractivity contribution in [3.8, 4) is 0 Å². The minimum Gasteiger partial charge on any atom is -0.335 e. The van der Waals surface area contributed by atoms with Gasteiger partial charge in [0.2, 0.25) is 5.91 Å². The number of rotatable bonds is 4. The molecule has 1 aliphatic rings. The summed E-state index contributed by atoms with van der Waals surface area (Å²) < 4.78 is 0. The van der Waals surface area contributed by atoms with Crippen LogP contribution in [0.15, 0.2) is 11.4 Å². The summed E-state index contributed by atoms with van der Waals surface area (Å²) in [7, 11) is 0. The van der Waals surface area contributed by atoms with Crippen molar-refractivity contribution in [1.29, 1.82) is 0 Å². The first kappa shape index (κ1) is 13.6. The fraction of sp³-hybridized carbons (Fsp3) is 0.643. The van der Waals surface area contributed by atoms with Gasteiger partial charge >= 0.3 is 0 Å². The zero-order chi connectivity index (χ0) is 13.1. The Morgan fingerprint density at radius 1 is 1.67 bits per heavy atom. The second-order valence-corrected chi connectivity index (χ2v) is 5.98. The average Bonchev–Trinajstić information content (AvgIpc) is 2.78. The molecular formula is C14H22N2OS. The third-order valence-corrected chi connectivity index (χ3v) is 4.63. The van der Waals surface area contributed by atoms with Gasteiger partial charge in [0, 0.05) is 23.9 Å². The Balaban J connectivity index is 2.00. The molecule has 2 rings (SSSR count). The van der Waals surface area contributed by atoms with Gasteiger partial charge < -0.3 is 10.2 Å². The Morgan fingerprint density at radius 2 is 2.44 bits per heavy atom. The van der Waals surface area contributed by atoms with Crippen molar-refractivity contribution in [2.75, 3.05) is 13.1 Å². The third kappa shape index (κ3) is 2.75. The summed E-state index contributed by atoms with van der Waals surface area (Å²) in [5.41, 5.74) is 1.34. The Morgan fingerprint density at radius 3 is 3.17 bits per heavy atom. The molecule has 1 aromatic heterocycles. The highest BCUT2D eigenvalue weighted by atomic mass is 32.1. The maximum atomic E-state index is 12.3. The van der Waals surface area contributed by atoms with Crippen molar-refractivity contribution in [2.24, 2.45) is 0 Å². The van der Waals surface area contributed by atoms with E-state index in [1.54, 1.807) is 0 Å². The van der Waals surface area contributed by atoms with E-state index < -0.39 is 0 Å². The molecule has 1 aliphatic heterocycles. The van der Waals surface area contributed by atoms with E-state index in [-0.39, 0.29) is 18.0 Å². The number of nitrogens with zero attached hydrogens (tertiary/aromatic N) is 1. The Hall–Kier alpha value is -0.870. The van der Waals surface area contributed by atoms with E-state index in [1.165, 1.54) is 10.4 Å². The van der Waals surface area contributed by atoms with E-state index in [0.29, 0.717) is 6.42 Å². The molecule has 100 valence electrons. The molecule has 0 fully saturated rings. The van der Waals surface area contributed by atoms with Gasteiger partial charge in [-0.2, -0.15) is 0 Å². The maximum Gasteiger partial charge on any atom is 0.224 e. The Kier molecular flexibility index (Phi) is 4.40. The van der Waals surface area contributed by atoms with E-state index in [2.05, 4.69) is 37.5 Å². The summed E-state index contributed by atoms with van der Waals surface area (Å²) in [6.07, 6.45) is 1.61. The van der Waals surface area contributed by atoms with Crippen LogP contribution in [-0.2, 0) is 11.2 Å². The number of carbonyl (C=O) groups is 1. The van der Waals surface area contributed by atoms with Crippen molar-refractivity contribution in [1.82, 2.24) is 10.2 Å². The second-order valence-electron chi connectivity index (χ2n) is 4.98. The fourth-order valence-corrected chi connectivity index (χ4v) is 3.61. The standard InChI is InChI=1S/C14H22N2OS/c1-4-15-10(2)9-14(17)16-7-5-13-12(11(16)3)6-8-18-13/h6,8,10-11,15H,4-5,7,9H2,1-3H3. The Bertz CT molecular complexity index is 416. The minimum absolute atomic E-state index is 0.237. The fourth-order valence-electron chi connectivity index (χ4n) is 2.65. The van der Waals surface area contributed by atoms with Gasteiger partial charge in [0.25, 0.3) is 0 Å². The van der Waals surface area contributed by atoms with Crippen LogP contribution in [0.3, 0.4) is 0 Å². The molecule has 2 unspecified atom stereocenters. The molecule has 4 heteroatoms. The molecule has 2 atom stereocenters. The van der Waals surface area contributed by atoms with Crippen LogP contribution in [0.1, 0.15) is 43.7 Å². The first-order chi connectivity index (χ1) is 8.63. The van der Waals surface area contributed by atoms with Crippen LogP contribution in [0.5, 0.6) is 0 Å². The smallest absolute Gasteiger partial charge is 0.224 e. The number of hydrogen-bond acceptors (Lipinski definition) is 3. The molecule has 0 saturated heterocycles. The Labute approximate surface area is 113 Å². The molecule has 0 saturated carbocycles. The zero-order valence-electron chi connectivity index (χ0n) is 11.4. The molecule has 0 aromatic carbocycles. The summed E-state index contributed by atoms with van der Waals surface area (Å²) in [5, 5.41) is 5.43. The van der Waals surface area contributed by atoms with Crippen LogP contribution in [0.25, 0.3) is 0 Å². The van der Waals surface area contributed by atoms with Crippen LogP contribution in [-0.4, -0.2) is 29.9 Å². The topological polar surface area (TPSA) is 32.3 Å². The number of amides is 1. The summed E-state index contributed by atoms with van der Waals surface area (Å²) >= 11 is 1.81. The van der Waals surface area contributed by atoms with Gasteiger partial charge in [0.15, 0.2) is 0 Å². The summed E-state index contributed by atoms with van der Waals surface area (Å²) in [4.78, 5) is 15.8. The largest absolute Gasteiger partial charge is 0.335 e. The molecule has 0 spiro atoms. The summed E-state index contributed by atoms with van der Waals surface area (Å²) in [6.45, 7) is 8.07. The highest BCUT2D eigenvalue weighted by Crippen LogP contribution is 2.33. The molecule has 1 amide bonds. The summed E-state index contributed by atoms with van der Waals surface area (Å²) in [6, 6.07) is 2.66. The number of carbonyl (C=O) groups excluding carboxylic acids is 1. The second kappa shape index (κ2) is 5.85. The van der Waals surface area contributed by atoms with Crippen molar-refractivity contribution in [3.05, 3.63) is 21.9 Å².